The van der Waals surface area contributed by atoms with Gasteiger partial charge in [-0.25, -0.2) is 23.7 Å². The fourth-order valence-electron chi connectivity index (χ4n) is 1.20. The minimum Gasteiger partial charge on any atom is -0.371 e. The number of nitrogens with one attached hydrogen (secondary N) is 1. The van der Waals surface area contributed by atoms with Gasteiger partial charge in [0, 0.05) is 0 Å². The normalized spacial score (nSPS) is 17.8. The summed E-state index contributed by atoms with van der Waals surface area (Å²) in [6.07, 6.45) is -1.60. The zero-order valence-corrected chi connectivity index (χ0v) is 8.41. The van der Waals surface area contributed by atoms with Crippen molar-refractivity contribution in [3.8, 4) is 0 Å². The van der Waals surface area contributed by atoms with Crippen LogP contribution in [0.4, 0.5) is 4.79 Å². The lowest BCUT2D eigenvalue weighted by Gasteiger charge is -2.05. The summed E-state index contributed by atoms with van der Waals surface area (Å²) in [6.45, 7) is 0.387. The van der Waals surface area contributed by atoms with E-state index in [-0.39, 0.29) is 17.4 Å². The van der Waals surface area contributed by atoms with Gasteiger partial charge in [-0.3, -0.25) is 4.98 Å². The van der Waals surface area contributed by atoms with Crippen molar-refractivity contribution in [1.29, 1.82) is 0 Å². The first-order valence-corrected chi connectivity index (χ1v) is 4.54. The van der Waals surface area contributed by atoms with Gasteiger partial charge in [-0.2, -0.15) is 0 Å². The molecule has 2 rings (SSSR count). The molecule has 10 heteroatoms. The highest BCUT2D eigenvalue weighted by atomic mass is 16.7. The first-order valence-electron chi connectivity index (χ1n) is 4.54. The first-order chi connectivity index (χ1) is 7.99. The van der Waals surface area contributed by atoms with Gasteiger partial charge in [0.1, 0.15) is 0 Å². The molecule has 0 aromatic carbocycles. The van der Waals surface area contributed by atoms with Crippen LogP contribution in [0.2, 0.25) is 0 Å². The number of carbonyl (C=O) groups excluding carboxylic acids is 1. The third-order valence-electron chi connectivity index (χ3n) is 2.02. The maximum atomic E-state index is 11.6. The number of hydrogen-bond acceptors (Lipinski definition) is 6. The van der Waals surface area contributed by atoms with Crippen LogP contribution in [0.15, 0.2) is 14.4 Å². The van der Waals surface area contributed by atoms with Crippen molar-refractivity contribution in [3.05, 3.63) is 31.5 Å². The van der Waals surface area contributed by atoms with Crippen molar-refractivity contribution >= 4 is 6.09 Å². The van der Waals surface area contributed by atoms with Gasteiger partial charge in [0.25, 0.3) is 0 Å². The van der Waals surface area contributed by atoms with E-state index < -0.39 is 23.2 Å². The zero-order valence-electron chi connectivity index (χ0n) is 8.41. The highest BCUT2D eigenvalue weighted by Gasteiger charge is 2.25. The molecule has 0 radical (unpaired) electrons. The van der Waals surface area contributed by atoms with Gasteiger partial charge in [0.15, 0.2) is 0 Å². The van der Waals surface area contributed by atoms with Crippen molar-refractivity contribution in [3.63, 3.8) is 0 Å². The number of amides is 1. The zero-order chi connectivity index (χ0) is 12.6. The molecule has 2 heterocycles. The standard InChI is InChI=1S/C7H8N4O6/c8-4(12)17-11-6(14)9-5(13)10(7(11)15)1-3-2-16-3/h3H,1-2H2,(H2,8,12)(H,9,13,14). The first kappa shape index (κ1) is 11.1. The number of nitrogens with zero attached hydrogens (tertiary/aromatic N) is 2. The highest BCUT2D eigenvalue weighted by molar-refractivity contribution is 5.64. The third kappa shape index (κ3) is 2.25. The summed E-state index contributed by atoms with van der Waals surface area (Å²) in [5, 5.41) is 0. The third-order valence-corrected chi connectivity index (χ3v) is 2.02. The smallest absolute Gasteiger partial charge is 0.371 e. The Hall–Kier alpha value is -2.36. The fourth-order valence-corrected chi connectivity index (χ4v) is 1.20. The molecule has 1 aromatic rings. The Balaban J connectivity index is 2.51. The number of aromatic nitrogens is 3. The molecule has 1 aromatic heterocycles. The van der Waals surface area contributed by atoms with Crippen molar-refractivity contribution in [2.75, 3.05) is 6.61 Å². The van der Waals surface area contributed by atoms with Gasteiger partial charge in [0.05, 0.1) is 19.3 Å². The van der Waals surface area contributed by atoms with Gasteiger partial charge in [-0.05, 0) is 0 Å². The number of epoxide rings is 1. The van der Waals surface area contributed by atoms with Crippen molar-refractivity contribution in [1.82, 2.24) is 14.3 Å². The van der Waals surface area contributed by atoms with Gasteiger partial charge >= 0.3 is 23.2 Å². The Morgan fingerprint density at radius 3 is 2.65 bits per heavy atom. The van der Waals surface area contributed by atoms with Crippen LogP contribution in [-0.4, -0.2) is 33.1 Å². The lowest BCUT2D eigenvalue weighted by Crippen LogP contribution is -2.53. The Morgan fingerprint density at radius 1 is 1.47 bits per heavy atom. The Morgan fingerprint density at radius 2 is 2.12 bits per heavy atom. The molecule has 10 nitrogen and oxygen atoms in total. The molecule has 92 valence electrons. The largest absolute Gasteiger partial charge is 0.429 e. The number of primary amides is 1. The lowest BCUT2D eigenvalue weighted by atomic mass is 10.5. The molecule has 0 bridgehead atoms. The van der Waals surface area contributed by atoms with Crippen molar-refractivity contribution < 1.29 is 14.4 Å². The van der Waals surface area contributed by atoms with Crippen LogP contribution < -0.4 is 27.6 Å². The molecule has 1 aliphatic rings. The Bertz CT molecular complexity index is 620. The summed E-state index contributed by atoms with van der Waals surface area (Å²) >= 11 is 0. The molecule has 3 N–H and O–H groups in total. The van der Waals surface area contributed by atoms with Crippen LogP contribution >= 0.6 is 0 Å². The summed E-state index contributed by atoms with van der Waals surface area (Å²) in [5.74, 6) is 0. The number of ether oxygens (including phenoxy) is 1. The average Bonchev–Trinajstić information content (AvgIpc) is 3.02. The van der Waals surface area contributed by atoms with Crippen LogP contribution in [0.25, 0.3) is 0 Å². The quantitative estimate of drug-likeness (QED) is 0.531. The molecule has 1 aliphatic heterocycles. The van der Waals surface area contributed by atoms with Gasteiger partial charge < -0.3 is 15.3 Å². The van der Waals surface area contributed by atoms with Gasteiger partial charge in [-0.1, -0.05) is 4.73 Å². The van der Waals surface area contributed by atoms with E-state index in [1.807, 2.05) is 4.98 Å². The maximum Gasteiger partial charge on any atom is 0.429 e. The maximum absolute atomic E-state index is 11.6. The van der Waals surface area contributed by atoms with Crippen molar-refractivity contribution in [2.45, 2.75) is 12.6 Å². The van der Waals surface area contributed by atoms with Crippen LogP contribution in [0.1, 0.15) is 0 Å². The highest BCUT2D eigenvalue weighted by Crippen LogP contribution is 2.08. The Kier molecular flexibility index (Phi) is 2.55. The summed E-state index contributed by atoms with van der Waals surface area (Å²) in [5.41, 5.74) is 1.51. The SMILES string of the molecule is NC(=O)On1c(=O)[nH]c(=O)n(CC2CO2)c1=O. The van der Waals surface area contributed by atoms with E-state index in [1.165, 1.54) is 0 Å². The second-order valence-electron chi connectivity index (χ2n) is 3.29. The average molecular weight is 244 g/mol. The lowest BCUT2D eigenvalue weighted by molar-refractivity contribution is 0.124. The molecular formula is C7H8N4O6. The number of hydrogen-bond donors (Lipinski definition) is 2. The molecule has 1 atom stereocenters. The van der Waals surface area contributed by atoms with Crippen molar-refractivity contribution in [2.24, 2.45) is 5.73 Å². The molecule has 1 saturated heterocycles. The molecular weight excluding hydrogens is 236 g/mol. The van der Waals surface area contributed by atoms with Gasteiger partial charge in [0.2, 0.25) is 0 Å². The molecule has 0 spiro atoms. The summed E-state index contributed by atoms with van der Waals surface area (Å²) in [7, 11) is 0. The van der Waals surface area contributed by atoms with Crippen LogP contribution in [-0.2, 0) is 11.3 Å². The van der Waals surface area contributed by atoms with Crippen LogP contribution in [0, 0.1) is 0 Å². The number of rotatable bonds is 3. The van der Waals surface area contributed by atoms with E-state index in [9.17, 15) is 19.2 Å². The van der Waals surface area contributed by atoms with Crippen LogP contribution in [0.3, 0.4) is 0 Å². The Labute approximate surface area is 92.1 Å². The molecule has 1 amide bonds. The number of aromatic amines is 1. The second kappa shape index (κ2) is 3.90. The molecule has 0 aliphatic carbocycles. The second-order valence-corrected chi connectivity index (χ2v) is 3.29. The molecule has 17 heavy (non-hydrogen) atoms. The van der Waals surface area contributed by atoms with Crippen LogP contribution in [0.5, 0.6) is 0 Å². The van der Waals surface area contributed by atoms with E-state index >= 15 is 0 Å². The van der Waals surface area contributed by atoms with E-state index in [2.05, 4.69) is 10.6 Å². The minimum absolute atomic E-state index is 0.0312. The summed E-state index contributed by atoms with van der Waals surface area (Å²) < 4.78 is 5.60. The number of nitrogens with two attached hydrogens (primary N) is 1. The molecule has 0 saturated carbocycles. The van der Waals surface area contributed by atoms with E-state index in [0.29, 0.717) is 11.2 Å². The minimum atomic E-state index is -1.34. The number of H-pyrrole nitrogens is 1. The summed E-state index contributed by atoms with van der Waals surface area (Å²) in [4.78, 5) is 50.6. The topological polar surface area (TPSA) is 142 Å². The molecule has 1 fully saturated rings. The predicted octanol–water partition coefficient (Wildman–Crippen LogP) is -3.40. The monoisotopic (exact) mass is 244 g/mol. The fraction of sp³-hybridized carbons (Fsp3) is 0.429. The number of carbonyl (C=O) groups is 1. The van der Waals surface area contributed by atoms with E-state index in [0.717, 1.165) is 0 Å². The summed E-state index contributed by atoms with van der Waals surface area (Å²) in [6, 6.07) is 0. The van der Waals surface area contributed by atoms with Gasteiger partial charge in [-0.15, -0.1) is 0 Å². The molecule has 1 unspecified atom stereocenters. The predicted molar refractivity (Wildman–Crippen MR) is 51.5 cm³/mol. The van der Waals surface area contributed by atoms with E-state index in [4.69, 9.17) is 4.74 Å². The van der Waals surface area contributed by atoms with E-state index in [1.54, 1.807) is 0 Å².